The van der Waals surface area contributed by atoms with Gasteiger partial charge in [0.15, 0.2) is 0 Å². The lowest BCUT2D eigenvalue weighted by atomic mass is 9.77. The average molecular weight is 184 g/mol. The molecule has 0 aromatic rings. The molecule has 0 spiro atoms. The largest absolute Gasteiger partial charge is 0.393 e. The number of hydrogen-bond acceptors (Lipinski definition) is 2. The number of fused-ring (bicyclic) bond motifs is 2. The second-order valence-electron chi connectivity index (χ2n) is 4.46. The Kier molecular flexibility index (Phi) is 1.88. The lowest BCUT2D eigenvalue weighted by Crippen LogP contribution is -2.40. The van der Waals surface area contributed by atoms with Crippen molar-refractivity contribution in [2.45, 2.75) is 38.1 Å². The van der Waals surface area contributed by atoms with Crippen molar-refractivity contribution in [3.8, 4) is 0 Å². The lowest BCUT2D eigenvalue weighted by Gasteiger charge is -2.32. The van der Waals surface area contributed by atoms with Crippen molar-refractivity contribution in [2.75, 3.05) is 0 Å². The van der Waals surface area contributed by atoms with E-state index in [1.807, 2.05) is 0 Å². The van der Waals surface area contributed by atoms with Gasteiger partial charge >= 0.3 is 0 Å². The van der Waals surface area contributed by atoms with Crippen LogP contribution in [0.3, 0.4) is 0 Å². The SMILES string of the molecule is NC(=S)CC12CCC(CC1N)C2. The minimum Gasteiger partial charge on any atom is -0.393 e. The molecule has 0 amide bonds. The van der Waals surface area contributed by atoms with Gasteiger partial charge in [-0.05, 0) is 37.0 Å². The van der Waals surface area contributed by atoms with Crippen LogP contribution in [0.25, 0.3) is 0 Å². The molecule has 3 heteroatoms. The standard InChI is InChI=1S/C9H16N2S/c10-7-3-6-1-2-9(7,4-6)5-8(11)12/h6-7H,1-5,10H2,(H2,11,12). The summed E-state index contributed by atoms with van der Waals surface area (Å²) in [6, 6.07) is 0.359. The molecule has 12 heavy (non-hydrogen) atoms. The van der Waals surface area contributed by atoms with Gasteiger partial charge in [-0.2, -0.15) is 0 Å². The van der Waals surface area contributed by atoms with Crippen LogP contribution in [0.15, 0.2) is 0 Å². The van der Waals surface area contributed by atoms with Gasteiger partial charge in [0.25, 0.3) is 0 Å². The summed E-state index contributed by atoms with van der Waals surface area (Å²) in [6.45, 7) is 0. The highest BCUT2D eigenvalue weighted by Crippen LogP contribution is 2.55. The van der Waals surface area contributed by atoms with Gasteiger partial charge in [-0.25, -0.2) is 0 Å². The van der Waals surface area contributed by atoms with Crippen molar-refractivity contribution in [1.29, 1.82) is 0 Å². The third-order valence-corrected chi connectivity index (χ3v) is 3.79. The van der Waals surface area contributed by atoms with E-state index in [4.69, 9.17) is 23.7 Å². The summed E-state index contributed by atoms with van der Waals surface area (Å²) in [5.41, 5.74) is 12.0. The van der Waals surface area contributed by atoms with Crippen LogP contribution in [-0.4, -0.2) is 11.0 Å². The van der Waals surface area contributed by atoms with Gasteiger partial charge in [-0.15, -0.1) is 0 Å². The summed E-state index contributed by atoms with van der Waals surface area (Å²) in [5, 5.41) is 0. The molecule has 3 unspecified atom stereocenters. The first-order valence-electron chi connectivity index (χ1n) is 4.66. The molecule has 2 nitrogen and oxygen atoms in total. The zero-order valence-corrected chi connectivity index (χ0v) is 8.07. The Morgan fingerprint density at radius 2 is 2.33 bits per heavy atom. The van der Waals surface area contributed by atoms with E-state index in [1.54, 1.807) is 0 Å². The van der Waals surface area contributed by atoms with E-state index < -0.39 is 0 Å². The molecule has 0 radical (unpaired) electrons. The van der Waals surface area contributed by atoms with Gasteiger partial charge in [-0.3, -0.25) is 0 Å². The fourth-order valence-corrected chi connectivity index (χ4v) is 3.34. The Labute approximate surface area is 78.7 Å². The van der Waals surface area contributed by atoms with Crippen LogP contribution >= 0.6 is 12.2 Å². The topological polar surface area (TPSA) is 52.0 Å². The Balaban J connectivity index is 2.13. The summed E-state index contributed by atoms with van der Waals surface area (Å²) in [7, 11) is 0. The maximum atomic E-state index is 6.09. The van der Waals surface area contributed by atoms with E-state index >= 15 is 0 Å². The van der Waals surface area contributed by atoms with Crippen LogP contribution in [0.4, 0.5) is 0 Å². The van der Waals surface area contributed by atoms with Crippen molar-refractivity contribution in [2.24, 2.45) is 22.8 Å². The molecule has 0 aromatic carbocycles. The molecule has 0 heterocycles. The van der Waals surface area contributed by atoms with Gasteiger partial charge in [0.2, 0.25) is 0 Å². The normalized spacial score (nSPS) is 45.1. The number of rotatable bonds is 2. The summed E-state index contributed by atoms with van der Waals surface area (Å²) in [6.07, 6.45) is 5.93. The summed E-state index contributed by atoms with van der Waals surface area (Å²) in [5.74, 6) is 0.870. The Bertz CT molecular complexity index is 217. The van der Waals surface area contributed by atoms with Crippen molar-refractivity contribution >= 4 is 17.2 Å². The first-order chi connectivity index (χ1) is 5.62. The molecular formula is C9H16N2S. The Morgan fingerprint density at radius 3 is 2.75 bits per heavy atom. The van der Waals surface area contributed by atoms with E-state index in [2.05, 4.69) is 0 Å². The molecule has 2 fully saturated rings. The third kappa shape index (κ3) is 1.15. The van der Waals surface area contributed by atoms with Gasteiger partial charge in [0, 0.05) is 12.5 Å². The molecule has 68 valence electrons. The van der Waals surface area contributed by atoms with Crippen LogP contribution in [-0.2, 0) is 0 Å². The summed E-state index contributed by atoms with van der Waals surface area (Å²) in [4.78, 5) is 0.646. The van der Waals surface area contributed by atoms with Crippen molar-refractivity contribution < 1.29 is 0 Å². The van der Waals surface area contributed by atoms with Gasteiger partial charge in [0.1, 0.15) is 0 Å². The van der Waals surface area contributed by atoms with Crippen LogP contribution in [0, 0.1) is 11.3 Å². The molecule has 3 atom stereocenters. The molecule has 2 rings (SSSR count). The molecule has 0 aromatic heterocycles. The molecule has 2 saturated carbocycles. The van der Waals surface area contributed by atoms with Crippen LogP contribution < -0.4 is 11.5 Å². The molecule has 2 aliphatic carbocycles. The predicted octanol–water partition coefficient (Wildman–Crippen LogP) is 1.18. The van der Waals surface area contributed by atoms with E-state index in [-0.39, 0.29) is 0 Å². The monoisotopic (exact) mass is 184 g/mol. The number of thiocarbonyl (C=S) groups is 1. The van der Waals surface area contributed by atoms with E-state index in [0.29, 0.717) is 16.4 Å². The maximum Gasteiger partial charge on any atom is 0.0733 e. The smallest absolute Gasteiger partial charge is 0.0733 e. The molecule has 4 N–H and O–H groups in total. The Morgan fingerprint density at radius 1 is 1.58 bits per heavy atom. The summed E-state index contributed by atoms with van der Waals surface area (Å²) < 4.78 is 0. The molecule has 0 aliphatic heterocycles. The zero-order valence-electron chi connectivity index (χ0n) is 7.25. The predicted molar refractivity (Wildman–Crippen MR) is 53.8 cm³/mol. The lowest BCUT2D eigenvalue weighted by molar-refractivity contribution is 0.262. The second kappa shape index (κ2) is 2.67. The average Bonchev–Trinajstić information content (AvgIpc) is 2.42. The molecular weight excluding hydrogens is 168 g/mol. The second-order valence-corrected chi connectivity index (χ2v) is 4.98. The first-order valence-corrected chi connectivity index (χ1v) is 5.07. The van der Waals surface area contributed by atoms with Gasteiger partial charge < -0.3 is 11.5 Å². The van der Waals surface area contributed by atoms with E-state index in [0.717, 1.165) is 12.3 Å². The fourth-order valence-electron chi connectivity index (χ4n) is 3.06. The first kappa shape index (κ1) is 8.45. The molecule has 0 saturated heterocycles. The highest BCUT2D eigenvalue weighted by atomic mass is 32.1. The van der Waals surface area contributed by atoms with Crippen molar-refractivity contribution in [3.05, 3.63) is 0 Å². The van der Waals surface area contributed by atoms with Gasteiger partial charge in [0.05, 0.1) is 4.99 Å². The van der Waals surface area contributed by atoms with E-state index in [9.17, 15) is 0 Å². The number of hydrogen-bond donors (Lipinski definition) is 2. The molecule has 2 bridgehead atoms. The van der Waals surface area contributed by atoms with Crippen molar-refractivity contribution in [1.82, 2.24) is 0 Å². The summed E-state index contributed by atoms with van der Waals surface area (Å²) >= 11 is 4.96. The highest BCUT2D eigenvalue weighted by Gasteiger charge is 2.50. The minimum atomic E-state index is 0.302. The highest BCUT2D eigenvalue weighted by molar-refractivity contribution is 7.80. The van der Waals surface area contributed by atoms with Crippen LogP contribution in [0.1, 0.15) is 32.1 Å². The molecule has 2 aliphatic rings. The van der Waals surface area contributed by atoms with Gasteiger partial charge in [-0.1, -0.05) is 12.2 Å². The Hall–Kier alpha value is -0.150. The maximum absolute atomic E-state index is 6.09. The third-order valence-electron chi connectivity index (χ3n) is 3.65. The number of nitrogens with two attached hydrogens (primary N) is 2. The van der Waals surface area contributed by atoms with Crippen LogP contribution in [0.2, 0.25) is 0 Å². The fraction of sp³-hybridized carbons (Fsp3) is 0.889. The quantitative estimate of drug-likeness (QED) is 0.634. The minimum absolute atomic E-state index is 0.302. The van der Waals surface area contributed by atoms with E-state index in [1.165, 1.54) is 25.7 Å². The van der Waals surface area contributed by atoms with Crippen LogP contribution in [0.5, 0.6) is 0 Å². The van der Waals surface area contributed by atoms with Crippen molar-refractivity contribution in [3.63, 3.8) is 0 Å². The zero-order chi connectivity index (χ0) is 8.77.